The van der Waals surface area contributed by atoms with Gasteiger partial charge in [0.1, 0.15) is 11.4 Å². The number of anilines is 1. The van der Waals surface area contributed by atoms with E-state index in [0.717, 1.165) is 55.6 Å². The quantitative estimate of drug-likeness (QED) is 0.880. The molecule has 1 unspecified atom stereocenters. The molecule has 0 saturated carbocycles. The Labute approximate surface area is 154 Å². The molecule has 26 heavy (non-hydrogen) atoms. The highest BCUT2D eigenvalue weighted by Gasteiger charge is 2.22. The van der Waals surface area contributed by atoms with Crippen LogP contribution in [0.3, 0.4) is 0 Å². The lowest BCUT2D eigenvalue weighted by Gasteiger charge is -2.32. The summed E-state index contributed by atoms with van der Waals surface area (Å²) in [6.45, 7) is 7.39. The highest BCUT2D eigenvalue weighted by atomic mass is 16.3. The molecule has 138 valence electrons. The van der Waals surface area contributed by atoms with Crippen LogP contribution in [0, 0.1) is 6.92 Å². The van der Waals surface area contributed by atoms with Crippen molar-refractivity contribution in [2.75, 3.05) is 25.0 Å². The zero-order valence-electron chi connectivity index (χ0n) is 15.6. The van der Waals surface area contributed by atoms with Crippen LogP contribution in [0.1, 0.15) is 43.0 Å². The average molecular weight is 353 g/mol. The monoisotopic (exact) mass is 353 g/mol. The second kappa shape index (κ2) is 7.19. The van der Waals surface area contributed by atoms with Gasteiger partial charge in [0.25, 0.3) is 0 Å². The number of nitrogens with zero attached hydrogens (tertiary/aromatic N) is 4. The second-order valence-electron chi connectivity index (χ2n) is 7.40. The number of likely N-dealkylation sites (N-methyl/N-ethyl adjacent to an activating group) is 1. The van der Waals surface area contributed by atoms with Gasteiger partial charge in [0.05, 0.1) is 5.69 Å². The fourth-order valence-corrected chi connectivity index (χ4v) is 4.19. The van der Waals surface area contributed by atoms with E-state index in [-0.39, 0.29) is 0 Å². The van der Waals surface area contributed by atoms with E-state index in [2.05, 4.69) is 38.4 Å². The highest BCUT2D eigenvalue weighted by molar-refractivity contribution is 5.71. The van der Waals surface area contributed by atoms with Crippen molar-refractivity contribution >= 4 is 5.95 Å². The van der Waals surface area contributed by atoms with Crippen molar-refractivity contribution in [1.82, 2.24) is 20.1 Å². The number of piperidine rings is 1. The summed E-state index contributed by atoms with van der Waals surface area (Å²) in [7, 11) is 0. The van der Waals surface area contributed by atoms with Crippen LogP contribution in [0.25, 0.3) is 11.3 Å². The number of likely N-dealkylation sites (tertiary alicyclic amines) is 1. The molecule has 1 aromatic heterocycles. The van der Waals surface area contributed by atoms with E-state index in [1.54, 1.807) is 0 Å². The van der Waals surface area contributed by atoms with Gasteiger partial charge >= 0.3 is 0 Å². The van der Waals surface area contributed by atoms with Gasteiger partial charge in [-0.3, -0.25) is 0 Å². The Kier molecular flexibility index (Phi) is 4.76. The Hall–Kier alpha value is -2.21. The van der Waals surface area contributed by atoms with Gasteiger partial charge in [0.2, 0.25) is 5.95 Å². The number of phenols is 1. The standard InChI is InChI=1S/C20H27N5O/c1-3-25-11-5-7-15(12-25)22-20-21-13(2)18(23-24-20)17-10-9-14-6-4-8-16(14)19(17)26/h9-10,15,26H,3-8,11-12H2,1-2H3,(H,21,22,24). The maximum Gasteiger partial charge on any atom is 0.243 e. The Balaban J connectivity index is 1.55. The molecule has 2 aromatic rings. The maximum atomic E-state index is 10.7. The maximum absolute atomic E-state index is 10.7. The van der Waals surface area contributed by atoms with Gasteiger partial charge in [-0.25, -0.2) is 4.98 Å². The lowest BCUT2D eigenvalue weighted by molar-refractivity contribution is 0.226. The molecule has 2 N–H and O–H groups in total. The van der Waals surface area contributed by atoms with Crippen molar-refractivity contribution in [3.8, 4) is 17.0 Å². The first-order valence-corrected chi connectivity index (χ1v) is 9.70. The van der Waals surface area contributed by atoms with Crippen molar-refractivity contribution < 1.29 is 5.11 Å². The molecule has 0 radical (unpaired) electrons. The Bertz CT molecular complexity index is 807. The van der Waals surface area contributed by atoms with Crippen LogP contribution in [0.2, 0.25) is 0 Å². The molecule has 0 bridgehead atoms. The number of hydrogen-bond acceptors (Lipinski definition) is 6. The molecule has 1 atom stereocenters. The first-order valence-electron chi connectivity index (χ1n) is 9.70. The van der Waals surface area contributed by atoms with Crippen LogP contribution < -0.4 is 5.32 Å². The summed E-state index contributed by atoms with van der Waals surface area (Å²) in [5, 5.41) is 22.8. The van der Waals surface area contributed by atoms with E-state index in [9.17, 15) is 5.11 Å². The van der Waals surface area contributed by atoms with E-state index < -0.39 is 0 Å². The molecule has 1 aliphatic heterocycles. The molecule has 0 amide bonds. The van der Waals surface area contributed by atoms with Crippen LogP contribution in [0.15, 0.2) is 12.1 Å². The molecule has 4 rings (SSSR count). The van der Waals surface area contributed by atoms with E-state index >= 15 is 0 Å². The number of aromatic nitrogens is 3. The molecule has 1 saturated heterocycles. The third-order valence-electron chi connectivity index (χ3n) is 5.65. The fourth-order valence-electron chi connectivity index (χ4n) is 4.19. The van der Waals surface area contributed by atoms with Gasteiger partial charge in [-0.05, 0) is 69.3 Å². The van der Waals surface area contributed by atoms with Gasteiger partial charge in [0, 0.05) is 18.2 Å². The number of rotatable bonds is 4. The predicted octanol–water partition coefficient (Wildman–Crippen LogP) is 2.94. The minimum absolute atomic E-state index is 0.353. The van der Waals surface area contributed by atoms with Crippen LogP contribution in [-0.4, -0.2) is 50.9 Å². The summed E-state index contributed by atoms with van der Waals surface area (Å²) in [5.41, 5.74) is 4.51. The molecule has 0 spiro atoms. The molecule has 2 aliphatic rings. The number of aromatic hydroxyl groups is 1. The van der Waals surface area contributed by atoms with E-state index in [4.69, 9.17) is 0 Å². The van der Waals surface area contributed by atoms with Crippen molar-refractivity contribution in [1.29, 1.82) is 0 Å². The molecule has 1 aromatic carbocycles. The number of aryl methyl sites for hydroxylation is 2. The van der Waals surface area contributed by atoms with Crippen LogP contribution in [-0.2, 0) is 12.8 Å². The lowest BCUT2D eigenvalue weighted by atomic mass is 10.0. The van der Waals surface area contributed by atoms with Gasteiger partial charge in [-0.1, -0.05) is 13.0 Å². The number of phenolic OH excluding ortho intramolecular Hbond substituents is 1. The smallest absolute Gasteiger partial charge is 0.243 e. The molecule has 2 heterocycles. The first-order chi connectivity index (χ1) is 12.7. The Morgan fingerprint density at radius 1 is 1.23 bits per heavy atom. The summed E-state index contributed by atoms with van der Waals surface area (Å²) in [5.74, 6) is 0.931. The summed E-state index contributed by atoms with van der Waals surface area (Å²) in [4.78, 5) is 7.06. The third-order valence-corrected chi connectivity index (χ3v) is 5.65. The molecule has 6 nitrogen and oxygen atoms in total. The zero-order chi connectivity index (χ0) is 18.1. The minimum atomic E-state index is 0.353. The first kappa shape index (κ1) is 17.2. The van der Waals surface area contributed by atoms with Crippen molar-refractivity contribution in [2.24, 2.45) is 0 Å². The topological polar surface area (TPSA) is 74.2 Å². The number of fused-ring (bicyclic) bond motifs is 1. The van der Waals surface area contributed by atoms with Crippen molar-refractivity contribution in [3.63, 3.8) is 0 Å². The van der Waals surface area contributed by atoms with Gasteiger partial charge in [-0.2, -0.15) is 0 Å². The third kappa shape index (κ3) is 3.26. The van der Waals surface area contributed by atoms with Crippen LogP contribution >= 0.6 is 0 Å². The molecule has 6 heteroatoms. The van der Waals surface area contributed by atoms with Crippen molar-refractivity contribution in [2.45, 2.75) is 52.0 Å². The van der Waals surface area contributed by atoms with Crippen LogP contribution in [0.5, 0.6) is 5.75 Å². The summed E-state index contributed by atoms with van der Waals surface area (Å²) >= 11 is 0. The Morgan fingerprint density at radius 2 is 2.12 bits per heavy atom. The van der Waals surface area contributed by atoms with E-state index in [0.29, 0.717) is 23.4 Å². The zero-order valence-corrected chi connectivity index (χ0v) is 15.6. The molecule has 1 fully saturated rings. The SMILES string of the molecule is CCN1CCCC(Nc2nnc(-c3ccc4c(c3O)CCC4)c(C)n2)C1. The van der Waals surface area contributed by atoms with E-state index in [1.165, 1.54) is 18.5 Å². The van der Waals surface area contributed by atoms with Gasteiger partial charge in [-0.15, -0.1) is 10.2 Å². The number of benzene rings is 1. The lowest BCUT2D eigenvalue weighted by Crippen LogP contribution is -2.42. The molecular weight excluding hydrogens is 326 g/mol. The highest BCUT2D eigenvalue weighted by Crippen LogP contribution is 2.38. The fraction of sp³-hybridized carbons (Fsp3) is 0.550. The normalized spacial score (nSPS) is 20.2. The van der Waals surface area contributed by atoms with E-state index in [1.807, 2.05) is 13.0 Å². The summed E-state index contributed by atoms with van der Waals surface area (Å²) < 4.78 is 0. The minimum Gasteiger partial charge on any atom is -0.507 e. The summed E-state index contributed by atoms with van der Waals surface area (Å²) in [6, 6.07) is 4.42. The average Bonchev–Trinajstić information content (AvgIpc) is 3.13. The Morgan fingerprint density at radius 3 is 2.92 bits per heavy atom. The van der Waals surface area contributed by atoms with Gasteiger partial charge in [0.15, 0.2) is 0 Å². The van der Waals surface area contributed by atoms with Gasteiger partial charge < -0.3 is 15.3 Å². The van der Waals surface area contributed by atoms with Crippen molar-refractivity contribution in [3.05, 3.63) is 29.0 Å². The summed E-state index contributed by atoms with van der Waals surface area (Å²) in [6.07, 6.45) is 5.41. The second-order valence-corrected chi connectivity index (χ2v) is 7.40. The van der Waals surface area contributed by atoms with Crippen LogP contribution in [0.4, 0.5) is 5.95 Å². The predicted molar refractivity (Wildman–Crippen MR) is 102 cm³/mol. The number of hydrogen-bond donors (Lipinski definition) is 2. The largest absolute Gasteiger partial charge is 0.507 e. The number of nitrogens with one attached hydrogen (secondary N) is 1. The molecule has 1 aliphatic carbocycles. The molecular formula is C20H27N5O.